The summed E-state index contributed by atoms with van der Waals surface area (Å²) in [5.74, 6) is 0.572. The van der Waals surface area contributed by atoms with Crippen LogP contribution < -0.4 is 4.74 Å². The third-order valence-electron chi connectivity index (χ3n) is 6.80. The topological polar surface area (TPSA) is 83.4 Å². The fraction of sp³-hybridized carbons (Fsp3) is 0.250. The second-order valence-corrected chi connectivity index (χ2v) is 9.41. The van der Waals surface area contributed by atoms with Gasteiger partial charge in [-0.3, -0.25) is 9.89 Å². The Bertz CT molecular complexity index is 1440. The summed E-state index contributed by atoms with van der Waals surface area (Å²) in [7, 11) is 0. The molecule has 3 heterocycles. The molecule has 7 nitrogen and oxygen atoms in total. The number of piperidine rings is 1. The van der Waals surface area contributed by atoms with E-state index in [-0.39, 0.29) is 5.91 Å². The van der Waals surface area contributed by atoms with Crippen LogP contribution >= 0.6 is 12.2 Å². The first-order chi connectivity index (χ1) is 17.5. The summed E-state index contributed by atoms with van der Waals surface area (Å²) in [5, 5.41) is 19.1. The van der Waals surface area contributed by atoms with Gasteiger partial charge >= 0.3 is 0 Å². The molecule has 5 rings (SSSR count). The molecule has 2 N–H and O–H groups in total. The normalized spacial score (nSPS) is 16.0. The molecular weight excluding hydrogens is 472 g/mol. The van der Waals surface area contributed by atoms with Crippen molar-refractivity contribution < 1.29 is 14.6 Å². The number of ether oxygens (including phenoxy) is 1. The molecule has 0 bridgehead atoms. The molecule has 1 unspecified atom stereocenters. The Morgan fingerprint density at radius 3 is 2.72 bits per heavy atom. The van der Waals surface area contributed by atoms with E-state index in [4.69, 9.17) is 17.0 Å². The van der Waals surface area contributed by atoms with E-state index < -0.39 is 11.6 Å². The Balaban J connectivity index is 1.49. The zero-order valence-electron chi connectivity index (χ0n) is 19.8. The molecule has 1 aliphatic heterocycles. The third kappa shape index (κ3) is 4.57. The Kier molecular flexibility index (Phi) is 6.71. The summed E-state index contributed by atoms with van der Waals surface area (Å²) in [6, 6.07) is 18.4. The van der Waals surface area contributed by atoms with Crippen LogP contribution in [0.1, 0.15) is 30.0 Å². The number of nitrogens with one attached hydrogen (secondary N) is 1. The number of aromatic nitrogens is 3. The number of aliphatic hydroxyl groups is 1. The molecule has 2 aromatic heterocycles. The lowest BCUT2D eigenvalue weighted by Crippen LogP contribution is -2.47. The Morgan fingerprint density at radius 1 is 1.19 bits per heavy atom. The first-order valence-corrected chi connectivity index (χ1v) is 12.4. The van der Waals surface area contributed by atoms with Crippen LogP contribution in [0.15, 0.2) is 85.7 Å². The molecule has 1 fully saturated rings. The van der Waals surface area contributed by atoms with E-state index >= 15 is 0 Å². The van der Waals surface area contributed by atoms with Crippen LogP contribution in [0, 0.1) is 4.64 Å². The number of benzene rings is 2. The number of H-pyrrole nitrogens is 1. The molecule has 1 amide bonds. The second kappa shape index (κ2) is 10.1. The predicted molar refractivity (Wildman–Crippen MR) is 141 cm³/mol. The molecule has 8 heteroatoms. The quantitative estimate of drug-likeness (QED) is 0.282. The zero-order valence-corrected chi connectivity index (χ0v) is 20.7. The Morgan fingerprint density at radius 2 is 1.97 bits per heavy atom. The maximum atomic E-state index is 14.1. The summed E-state index contributed by atoms with van der Waals surface area (Å²) in [4.78, 5) is 15.9. The van der Waals surface area contributed by atoms with Crippen molar-refractivity contribution in [1.82, 2.24) is 19.7 Å². The van der Waals surface area contributed by atoms with Crippen molar-refractivity contribution in [3.8, 4) is 5.75 Å². The van der Waals surface area contributed by atoms with Crippen LogP contribution in [0.2, 0.25) is 0 Å². The molecule has 4 aromatic rings. The summed E-state index contributed by atoms with van der Waals surface area (Å²) < 4.78 is 8.09. The number of amides is 1. The molecule has 0 radical (unpaired) electrons. The van der Waals surface area contributed by atoms with Crippen molar-refractivity contribution in [1.29, 1.82) is 0 Å². The molecular formula is C28H28N4O3S. The van der Waals surface area contributed by atoms with E-state index in [0.717, 1.165) is 22.0 Å². The Labute approximate surface area is 214 Å². The lowest BCUT2D eigenvalue weighted by molar-refractivity contribution is -0.138. The summed E-state index contributed by atoms with van der Waals surface area (Å²) in [6.45, 7) is 4.95. The number of carbonyl (C=O) groups is 1. The van der Waals surface area contributed by atoms with E-state index in [1.807, 2.05) is 76.3 Å². The van der Waals surface area contributed by atoms with Gasteiger partial charge in [-0.25, -0.2) is 0 Å². The first-order valence-electron chi connectivity index (χ1n) is 11.9. The van der Waals surface area contributed by atoms with E-state index in [9.17, 15) is 9.90 Å². The molecule has 0 spiro atoms. The number of nitrogens with zero attached hydrogens (tertiary/aromatic N) is 3. The van der Waals surface area contributed by atoms with Crippen LogP contribution in [0.3, 0.4) is 0 Å². The fourth-order valence-electron chi connectivity index (χ4n) is 4.82. The first kappa shape index (κ1) is 24.0. The van der Waals surface area contributed by atoms with E-state index in [2.05, 4.69) is 16.8 Å². The molecule has 2 aromatic carbocycles. The smallest absolute Gasteiger partial charge is 0.250 e. The van der Waals surface area contributed by atoms with Crippen LogP contribution in [-0.2, 0) is 10.4 Å². The Hall–Kier alpha value is -3.75. The van der Waals surface area contributed by atoms with Crippen molar-refractivity contribution >= 4 is 29.0 Å². The van der Waals surface area contributed by atoms with Gasteiger partial charge in [0.15, 0.2) is 0 Å². The number of aromatic amines is 1. The molecule has 0 saturated carbocycles. The SMILES string of the molecule is C=CCOc1cccc(C(C(=O)N2CCC(O)(c3ccccc3)CC2)n2ccc3[nH]ncc3c2=S)c1. The van der Waals surface area contributed by atoms with Crippen LogP contribution in [0.4, 0.5) is 0 Å². The average molecular weight is 501 g/mol. The number of pyridine rings is 1. The molecule has 1 atom stereocenters. The van der Waals surface area contributed by atoms with Gasteiger partial charge in [-0.2, -0.15) is 5.10 Å². The number of likely N-dealkylation sites (tertiary alicyclic amines) is 1. The highest BCUT2D eigenvalue weighted by molar-refractivity contribution is 7.71. The lowest BCUT2D eigenvalue weighted by atomic mass is 9.84. The highest BCUT2D eigenvalue weighted by atomic mass is 32.1. The lowest BCUT2D eigenvalue weighted by Gasteiger charge is -2.40. The van der Waals surface area contributed by atoms with Crippen molar-refractivity contribution in [3.05, 3.63) is 101 Å². The summed E-state index contributed by atoms with van der Waals surface area (Å²) >= 11 is 5.80. The number of hydrogen-bond donors (Lipinski definition) is 2. The highest BCUT2D eigenvalue weighted by Gasteiger charge is 2.38. The molecule has 0 aliphatic carbocycles. The number of hydrogen-bond acceptors (Lipinski definition) is 5. The van der Waals surface area contributed by atoms with E-state index in [0.29, 0.717) is 42.9 Å². The molecule has 1 saturated heterocycles. The summed E-state index contributed by atoms with van der Waals surface area (Å²) in [6.07, 6.45) is 6.11. The van der Waals surface area contributed by atoms with Gasteiger partial charge < -0.3 is 19.3 Å². The highest BCUT2D eigenvalue weighted by Crippen LogP contribution is 2.35. The predicted octanol–water partition coefficient (Wildman–Crippen LogP) is 4.76. The maximum absolute atomic E-state index is 14.1. The third-order valence-corrected chi connectivity index (χ3v) is 7.23. The van der Waals surface area contributed by atoms with Gasteiger partial charge in [-0.05, 0) is 42.2 Å². The standard InChI is InChI=1S/C28H28N4O3S/c1-2-17-35-22-10-6-7-20(18-22)25(32-14-11-24-23(27(32)36)19-29-30-24)26(33)31-15-12-28(34,13-16-31)21-8-4-3-5-9-21/h2-11,14,18-19,25,34H,1,12-13,15-17H2,(H,29,30). The minimum Gasteiger partial charge on any atom is -0.490 e. The number of fused-ring (bicyclic) bond motifs is 1. The summed E-state index contributed by atoms with van der Waals surface area (Å²) in [5.41, 5.74) is 1.52. The fourth-order valence-corrected chi connectivity index (χ4v) is 5.15. The van der Waals surface area contributed by atoms with Crippen LogP contribution in [-0.4, -0.2) is 50.4 Å². The van der Waals surface area contributed by atoms with Gasteiger partial charge in [-0.15, -0.1) is 0 Å². The van der Waals surface area contributed by atoms with Gasteiger partial charge in [0.1, 0.15) is 23.0 Å². The van der Waals surface area contributed by atoms with Crippen LogP contribution in [0.5, 0.6) is 5.75 Å². The zero-order chi connectivity index (χ0) is 25.1. The van der Waals surface area contributed by atoms with Gasteiger partial charge in [-0.1, -0.05) is 67.3 Å². The van der Waals surface area contributed by atoms with Crippen LogP contribution in [0.25, 0.3) is 10.9 Å². The molecule has 184 valence electrons. The van der Waals surface area contributed by atoms with E-state index in [1.165, 1.54) is 0 Å². The molecule has 1 aliphatic rings. The number of carbonyl (C=O) groups excluding carboxylic acids is 1. The van der Waals surface area contributed by atoms with Crippen molar-refractivity contribution in [3.63, 3.8) is 0 Å². The van der Waals surface area contributed by atoms with E-state index in [1.54, 1.807) is 12.3 Å². The van der Waals surface area contributed by atoms with Gasteiger partial charge in [0.25, 0.3) is 0 Å². The second-order valence-electron chi connectivity index (χ2n) is 9.02. The van der Waals surface area contributed by atoms with Crippen molar-refractivity contribution in [2.45, 2.75) is 24.5 Å². The van der Waals surface area contributed by atoms with Gasteiger partial charge in [0.2, 0.25) is 5.91 Å². The maximum Gasteiger partial charge on any atom is 0.250 e. The largest absolute Gasteiger partial charge is 0.490 e. The van der Waals surface area contributed by atoms with Crippen molar-refractivity contribution in [2.24, 2.45) is 0 Å². The minimum absolute atomic E-state index is 0.0788. The van der Waals surface area contributed by atoms with Crippen molar-refractivity contribution in [2.75, 3.05) is 19.7 Å². The monoisotopic (exact) mass is 500 g/mol. The van der Waals surface area contributed by atoms with Gasteiger partial charge in [0, 0.05) is 19.3 Å². The van der Waals surface area contributed by atoms with Gasteiger partial charge in [0.05, 0.1) is 22.7 Å². The minimum atomic E-state index is -0.946. The number of rotatable bonds is 7. The molecule has 36 heavy (non-hydrogen) atoms. The average Bonchev–Trinajstić information content (AvgIpc) is 3.40.